The second kappa shape index (κ2) is 10.7. The Morgan fingerprint density at radius 3 is 2.50 bits per heavy atom. The largest absolute Gasteiger partial charge is 0.494 e. The highest BCUT2D eigenvalue weighted by molar-refractivity contribution is 5.96. The molecule has 6 rings (SSSR count). The van der Waals surface area contributed by atoms with Crippen molar-refractivity contribution in [2.75, 3.05) is 25.6 Å². The molecule has 10 nitrogen and oxygen atoms in total. The Hall–Kier alpha value is -4.32. The van der Waals surface area contributed by atoms with E-state index in [0.717, 1.165) is 31.2 Å². The third kappa shape index (κ3) is 5.14. The van der Waals surface area contributed by atoms with Crippen molar-refractivity contribution in [2.45, 2.75) is 44.7 Å². The summed E-state index contributed by atoms with van der Waals surface area (Å²) in [7, 11) is 1.25. The number of carbonyl (C=O) groups excluding carboxylic acids is 1. The Balaban J connectivity index is 1.39. The number of carbonyl (C=O) groups is 1. The Morgan fingerprint density at radius 2 is 1.77 bits per heavy atom. The van der Waals surface area contributed by atoms with Gasteiger partial charge in [-0.25, -0.2) is 4.98 Å². The van der Waals surface area contributed by atoms with Gasteiger partial charge in [-0.3, -0.25) is 9.36 Å². The predicted octanol–water partition coefficient (Wildman–Crippen LogP) is 4.69. The Bertz CT molecular complexity index is 1580. The van der Waals surface area contributed by atoms with Crippen molar-refractivity contribution in [1.82, 2.24) is 24.8 Å². The standard InChI is InChI=1S/C28H28F2N6O4/c1-15-13-18(5-6-19(15)27(37)33-16-3-4-16)36-14-31-24-25(32-17-9-11-39-12-10-17)34-28(35-26(24)36)40-21-8-7-20(38-2)22(29)23(21)30/h5-8,13-14,16-17H,3-4,9-12H2,1-2H3,(H,33,37)(H,32,34,35). The number of hydrogen-bond donors (Lipinski definition) is 2. The quantitative estimate of drug-likeness (QED) is 0.325. The third-order valence-corrected chi connectivity index (χ3v) is 7.02. The number of methoxy groups -OCH3 is 1. The molecule has 3 heterocycles. The molecule has 0 radical (unpaired) electrons. The van der Waals surface area contributed by atoms with Crippen LogP contribution in [0.15, 0.2) is 36.7 Å². The highest BCUT2D eigenvalue weighted by Crippen LogP contribution is 2.32. The van der Waals surface area contributed by atoms with Gasteiger partial charge in [0, 0.05) is 36.5 Å². The number of nitrogens with one attached hydrogen (secondary N) is 2. The Kier molecular flexibility index (Phi) is 6.93. The summed E-state index contributed by atoms with van der Waals surface area (Å²) in [4.78, 5) is 26.2. The minimum Gasteiger partial charge on any atom is -0.494 e. The maximum Gasteiger partial charge on any atom is 0.326 e. The number of anilines is 1. The molecule has 1 aliphatic heterocycles. The Labute approximate surface area is 228 Å². The molecule has 1 saturated heterocycles. The van der Waals surface area contributed by atoms with Crippen LogP contribution in [0.2, 0.25) is 0 Å². The van der Waals surface area contributed by atoms with Gasteiger partial charge >= 0.3 is 6.01 Å². The van der Waals surface area contributed by atoms with E-state index in [9.17, 15) is 13.6 Å². The van der Waals surface area contributed by atoms with Crippen LogP contribution in [0.5, 0.6) is 17.5 Å². The highest BCUT2D eigenvalue weighted by atomic mass is 19.2. The van der Waals surface area contributed by atoms with E-state index in [4.69, 9.17) is 14.2 Å². The van der Waals surface area contributed by atoms with Gasteiger partial charge in [0.25, 0.3) is 5.91 Å². The van der Waals surface area contributed by atoms with Crippen LogP contribution in [0.1, 0.15) is 41.6 Å². The lowest BCUT2D eigenvalue weighted by atomic mass is 10.1. The fourth-order valence-electron chi connectivity index (χ4n) is 4.64. The van der Waals surface area contributed by atoms with Crippen molar-refractivity contribution in [3.05, 3.63) is 59.4 Å². The van der Waals surface area contributed by atoms with E-state index in [1.165, 1.54) is 19.2 Å². The molecule has 12 heteroatoms. The average Bonchev–Trinajstić information content (AvgIpc) is 3.66. The van der Waals surface area contributed by atoms with E-state index >= 15 is 0 Å². The average molecular weight is 551 g/mol. The van der Waals surface area contributed by atoms with E-state index in [0.29, 0.717) is 41.4 Å². The summed E-state index contributed by atoms with van der Waals surface area (Å²) in [6, 6.07) is 8.10. The zero-order chi connectivity index (χ0) is 27.8. The number of hydrogen-bond acceptors (Lipinski definition) is 8. The minimum atomic E-state index is -1.22. The van der Waals surface area contributed by atoms with E-state index < -0.39 is 11.6 Å². The van der Waals surface area contributed by atoms with Crippen molar-refractivity contribution in [2.24, 2.45) is 0 Å². The number of imidazole rings is 1. The molecule has 2 aromatic heterocycles. The first-order valence-electron chi connectivity index (χ1n) is 13.1. The molecule has 2 N–H and O–H groups in total. The van der Waals surface area contributed by atoms with Crippen LogP contribution in [0.25, 0.3) is 16.9 Å². The lowest BCUT2D eigenvalue weighted by Gasteiger charge is -2.23. The molecule has 1 amide bonds. The van der Waals surface area contributed by atoms with Crippen LogP contribution < -0.4 is 20.1 Å². The van der Waals surface area contributed by atoms with Crippen molar-refractivity contribution in [3.63, 3.8) is 0 Å². The fourth-order valence-corrected chi connectivity index (χ4v) is 4.64. The highest BCUT2D eigenvalue weighted by Gasteiger charge is 2.25. The lowest BCUT2D eigenvalue weighted by molar-refractivity contribution is 0.0904. The molecule has 0 spiro atoms. The van der Waals surface area contributed by atoms with E-state index in [1.807, 2.05) is 19.1 Å². The van der Waals surface area contributed by atoms with Gasteiger partial charge in [-0.05, 0) is 68.5 Å². The van der Waals surface area contributed by atoms with Crippen LogP contribution in [0.3, 0.4) is 0 Å². The normalized spacial score (nSPS) is 15.7. The van der Waals surface area contributed by atoms with Gasteiger partial charge < -0.3 is 24.8 Å². The topological polar surface area (TPSA) is 112 Å². The molecule has 2 aromatic carbocycles. The molecule has 208 valence electrons. The van der Waals surface area contributed by atoms with Gasteiger partial charge in [0.1, 0.15) is 6.33 Å². The molecule has 4 aromatic rings. The summed E-state index contributed by atoms with van der Waals surface area (Å²) in [5.41, 5.74) is 2.97. The third-order valence-electron chi connectivity index (χ3n) is 7.02. The maximum atomic E-state index is 14.7. The Morgan fingerprint density at radius 1 is 1.02 bits per heavy atom. The van der Waals surface area contributed by atoms with Gasteiger partial charge in [0.05, 0.1) is 7.11 Å². The summed E-state index contributed by atoms with van der Waals surface area (Å²) in [5.74, 6) is -2.72. The summed E-state index contributed by atoms with van der Waals surface area (Å²) >= 11 is 0. The van der Waals surface area contributed by atoms with Gasteiger partial charge in [0.2, 0.25) is 11.6 Å². The van der Waals surface area contributed by atoms with E-state index in [2.05, 4.69) is 25.6 Å². The number of rotatable bonds is 8. The molecule has 0 atom stereocenters. The first kappa shape index (κ1) is 25.9. The molecular formula is C28H28F2N6O4. The number of nitrogens with zero attached hydrogens (tertiary/aromatic N) is 4. The second-order valence-electron chi connectivity index (χ2n) is 9.92. The number of ether oxygens (including phenoxy) is 3. The molecule has 1 aliphatic carbocycles. The number of aryl methyl sites for hydroxylation is 1. The van der Waals surface area contributed by atoms with Crippen LogP contribution in [0.4, 0.5) is 14.6 Å². The SMILES string of the molecule is COc1ccc(Oc2nc(NC3CCOCC3)c3ncn(-c4ccc(C(=O)NC5CC5)c(C)c4)c3n2)c(F)c1F. The van der Waals surface area contributed by atoms with Crippen molar-refractivity contribution in [1.29, 1.82) is 0 Å². The van der Waals surface area contributed by atoms with Crippen molar-refractivity contribution in [3.8, 4) is 23.2 Å². The maximum absolute atomic E-state index is 14.7. The predicted molar refractivity (Wildman–Crippen MR) is 142 cm³/mol. The molecule has 2 fully saturated rings. The summed E-state index contributed by atoms with van der Waals surface area (Å²) in [6.07, 6.45) is 5.15. The van der Waals surface area contributed by atoms with Crippen LogP contribution in [-0.2, 0) is 4.74 Å². The van der Waals surface area contributed by atoms with Gasteiger partial charge in [0.15, 0.2) is 28.5 Å². The number of benzene rings is 2. The summed E-state index contributed by atoms with van der Waals surface area (Å²) < 4.78 is 46.8. The molecular weight excluding hydrogens is 522 g/mol. The molecule has 0 bridgehead atoms. The molecule has 0 unspecified atom stereocenters. The van der Waals surface area contributed by atoms with Gasteiger partial charge in [-0.2, -0.15) is 18.7 Å². The number of amides is 1. The molecule has 2 aliphatic rings. The van der Waals surface area contributed by atoms with Gasteiger partial charge in [-0.1, -0.05) is 0 Å². The molecule has 1 saturated carbocycles. The van der Waals surface area contributed by atoms with Crippen LogP contribution in [0, 0.1) is 18.6 Å². The number of fused-ring (bicyclic) bond motifs is 1. The first-order chi connectivity index (χ1) is 19.4. The van der Waals surface area contributed by atoms with E-state index in [-0.39, 0.29) is 35.5 Å². The summed E-state index contributed by atoms with van der Waals surface area (Å²) in [5, 5.41) is 6.40. The zero-order valence-electron chi connectivity index (χ0n) is 22.0. The summed E-state index contributed by atoms with van der Waals surface area (Å²) in [6.45, 7) is 3.09. The first-order valence-corrected chi connectivity index (χ1v) is 13.1. The molecule has 40 heavy (non-hydrogen) atoms. The monoisotopic (exact) mass is 550 g/mol. The van der Waals surface area contributed by atoms with E-state index in [1.54, 1.807) is 17.0 Å². The zero-order valence-corrected chi connectivity index (χ0v) is 22.0. The minimum absolute atomic E-state index is 0.0755. The fraction of sp³-hybridized carbons (Fsp3) is 0.357. The van der Waals surface area contributed by atoms with Gasteiger partial charge in [-0.15, -0.1) is 0 Å². The number of halogens is 2. The van der Waals surface area contributed by atoms with Crippen LogP contribution in [-0.4, -0.2) is 57.8 Å². The second-order valence-corrected chi connectivity index (χ2v) is 9.92. The number of aromatic nitrogens is 4. The lowest BCUT2D eigenvalue weighted by Crippen LogP contribution is -2.28. The van der Waals surface area contributed by atoms with Crippen molar-refractivity contribution < 1.29 is 27.8 Å². The van der Waals surface area contributed by atoms with Crippen LogP contribution >= 0.6 is 0 Å². The van der Waals surface area contributed by atoms with Crippen molar-refractivity contribution >= 4 is 22.9 Å². The smallest absolute Gasteiger partial charge is 0.326 e.